The third-order valence-electron chi connectivity index (χ3n) is 3.53. The number of aromatic hydroxyl groups is 1. The summed E-state index contributed by atoms with van der Waals surface area (Å²) in [5, 5.41) is 9.28. The first-order valence-corrected chi connectivity index (χ1v) is 7.79. The second kappa shape index (κ2) is 7.27. The molecule has 1 aromatic carbocycles. The summed E-state index contributed by atoms with van der Waals surface area (Å²) in [5.41, 5.74) is -0.0652. The molecular formula is C17H24FNO4. The number of morpholine rings is 1. The first-order valence-electron chi connectivity index (χ1n) is 7.79. The van der Waals surface area contributed by atoms with Crippen molar-refractivity contribution in [1.29, 1.82) is 0 Å². The van der Waals surface area contributed by atoms with E-state index in [9.17, 15) is 14.3 Å². The maximum atomic E-state index is 13.9. The summed E-state index contributed by atoms with van der Waals surface area (Å²) in [6.45, 7) is 7.73. The Morgan fingerprint density at radius 1 is 1.48 bits per heavy atom. The van der Waals surface area contributed by atoms with Crippen LogP contribution in [0.3, 0.4) is 0 Å². The van der Waals surface area contributed by atoms with E-state index in [2.05, 4.69) is 4.90 Å². The van der Waals surface area contributed by atoms with Gasteiger partial charge in [-0.1, -0.05) is 0 Å². The molecule has 0 bridgehead atoms. The van der Waals surface area contributed by atoms with E-state index in [4.69, 9.17) is 9.47 Å². The molecule has 1 saturated heterocycles. The van der Waals surface area contributed by atoms with Crippen LogP contribution in [0.2, 0.25) is 0 Å². The van der Waals surface area contributed by atoms with Crippen molar-refractivity contribution in [3.8, 4) is 5.75 Å². The van der Waals surface area contributed by atoms with Crippen molar-refractivity contribution >= 4 is 5.97 Å². The monoisotopic (exact) mass is 325 g/mol. The molecule has 0 saturated carbocycles. The van der Waals surface area contributed by atoms with E-state index in [1.807, 2.05) is 20.8 Å². The van der Waals surface area contributed by atoms with Crippen LogP contribution in [-0.2, 0) is 14.3 Å². The van der Waals surface area contributed by atoms with Gasteiger partial charge in [-0.15, -0.1) is 0 Å². The van der Waals surface area contributed by atoms with Gasteiger partial charge in [0.2, 0.25) is 0 Å². The number of halogens is 1. The van der Waals surface area contributed by atoms with E-state index >= 15 is 0 Å². The fourth-order valence-corrected chi connectivity index (χ4v) is 2.51. The molecule has 0 spiro atoms. The molecule has 0 aromatic heterocycles. The highest BCUT2D eigenvalue weighted by Gasteiger charge is 2.25. The molecule has 6 heteroatoms. The summed E-state index contributed by atoms with van der Waals surface area (Å²) in [6.07, 6.45) is -0.106. The van der Waals surface area contributed by atoms with Gasteiger partial charge in [0.1, 0.15) is 17.2 Å². The molecule has 1 aromatic rings. The normalized spacial score (nSPS) is 19.6. The molecule has 1 atom stereocenters. The summed E-state index contributed by atoms with van der Waals surface area (Å²) in [7, 11) is 0. The van der Waals surface area contributed by atoms with E-state index in [0.717, 1.165) is 6.07 Å². The number of esters is 1. The van der Waals surface area contributed by atoms with Gasteiger partial charge in [0.25, 0.3) is 0 Å². The van der Waals surface area contributed by atoms with E-state index < -0.39 is 17.5 Å². The second-order valence-electron chi connectivity index (χ2n) is 6.70. The van der Waals surface area contributed by atoms with Crippen LogP contribution in [-0.4, -0.2) is 47.8 Å². The highest BCUT2D eigenvalue weighted by molar-refractivity contribution is 5.70. The van der Waals surface area contributed by atoms with E-state index in [-0.39, 0.29) is 11.7 Å². The number of carbonyl (C=O) groups is 1. The molecule has 2 rings (SSSR count). The van der Waals surface area contributed by atoms with Crippen molar-refractivity contribution in [3.63, 3.8) is 0 Å². The van der Waals surface area contributed by atoms with Crippen LogP contribution in [0.15, 0.2) is 18.2 Å². The standard InChI is InChI=1S/C17H24FNO4/c1-17(2,3)23-16(21)6-7-19-8-9-22-15(11-19)13-5-4-12(20)10-14(13)18/h4-5,10,15,20H,6-9,11H2,1-3H3. The van der Waals surface area contributed by atoms with Crippen LogP contribution in [0.1, 0.15) is 38.9 Å². The number of hydrogen-bond donors (Lipinski definition) is 1. The zero-order chi connectivity index (χ0) is 17.0. The lowest BCUT2D eigenvalue weighted by atomic mass is 10.1. The zero-order valence-corrected chi connectivity index (χ0v) is 13.8. The number of nitrogens with zero attached hydrogens (tertiary/aromatic N) is 1. The molecule has 23 heavy (non-hydrogen) atoms. The fourth-order valence-electron chi connectivity index (χ4n) is 2.51. The van der Waals surface area contributed by atoms with Crippen molar-refractivity contribution in [2.24, 2.45) is 0 Å². The maximum Gasteiger partial charge on any atom is 0.307 e. The van der Waals surface area contributed by atoms with Gasteiger partial charge in [0, 0.05) is 31.3 Å². The molecule has 1 heterocycles. The van der Waals surface area contributed by atoms with Crippen molar-refractivity contribution in [1.82, 2.24) is 4.90 Å². The Hall–Kier alpha value is -1.66. The Morgan fingerprint density at radius 3 is 2.87 bits per heavy atom. The lowest BCUT2D eigenvalue weighted by Gasteiger charge is -2.33. The van der Waals surface area contributed by atoms with Gasteiger partial charge in [0.05, 0.1) is 19.1 Å². The van der Waals surface area contributed by atoms with E-state index in [1.165, 1.54) is 12.1 Å². The van der Waals surface area contributed by atoms with Gasteiger partial charge in [-0.05, 0) is 32.9 Å². The predicted octanol–water partition coefficient (Wildman–Crippen LogP) is 2.64. The molecule has 5 nitrogen and oxygen atoms in total. The van der Waals surface area contributed by atoms with E-state index in [0.29, 0.717) is 38.2 Å². The first-order chi connectivity index (χ1) is 10.7. The number of rotatable bonds is 4. The molecular weight excluding hydrogens is 301 g/mol. The molecule has 1 aliphatic rings. The summed E-state index contributed by atoms with van der Waals surface area (Å²) in [5.74, 6) is -0.829. The van der Waals surface area contributed by atoms with Gasteiger partial charge < -0.3 is 14.6 Å². The Kier molecular flexibility index (Phi) is 5.59. The van der Waals surface area contributed by atoms with Crippen LogP contribution < -0.4 is 0 Å². The van der Waals surface area contributed by atoms with Crippen LogP contribution in [0.5, 0.6) is 5.75 Å². The van der Waals surface area contributed by atoms with Gasteiger partial charge in [-0.25, -0.2) is 4.39 Å². The average molecular weight is 325 g/mol. The number of phenolic OH excluding ortho intramolecular Hbond substituents is 1. The number of ether oxygens (including phenoxy) is 2. The minimum absolute atomic E-state index is 0.108. The minimum atomic E-state index is -0.486. The number of hydrogen-bond acceptors (Lipinski definition) is 5. The van der Waals surface area contributed by atoms with Crippen LogP contribution >= 0.6 is 0 Å². The fraction of sp³-hybridized carbons (Fsp3) is 0.588. The molecule has 1 fully saturated rings. The third-order valence-corrected chi connectivity index (χ3v) is 3.53. The largest absolute Gasteiger partial charge is 0.508 e. The SMILES string of the molecule is CC(C)(C)OC(=O)CCN1CCOC(c2ccc(O)cc2F)C1. The lowest BCUT2D eigenvalue weighted by molar-refractivity contribution is -0.155. The maximum absolute atomic E-state index is 13.9. The highest BCUT2D eigenvalue weighted by atomic mass is 19.1. The summed E-state index contributed by atoms with van der Waals surface area (Å²) < 4.78 is 24.8. The third kappa shape index (κ3) is 5.48. The Balaban J connectivity index is 1.89. The van der Waals surface area contributed by atoms with Crippen LogP contribution in [0.25, 0.3) is 0 Å². The highest BCUT2D eigenvalue weighted by Crippen LogP contribution is 2.27. The molecule has 0 radical (unpaired) electrons. The Morgan fingerprint density at radius 2 is 2.22 bits per heavy atom. The molecule has 1 N–H and O–H groups in total. The quantitative estimate of drug-likeness (QED) is 0.863. The smallest absolute Gasteiger partial charge is 0.307 e. The molecule has 1 aliphatic heterocycles. The summed E-state index contributed by atoms with van der Waals surface area (Å²) >= 11 is 0. The van der Waals surface area contributed by atoms with Gasteiger partial charge >= 0.3 is 5.97 Å². The number of phenols is 1. The molecule has 0 aliphatic carbocycles. The van der Waals surface area contributed by atoms with Crippen molar-refractivity contribution in [2.75, 3.05) is 26.2 Å². The average Bonchev–Trinajstić information content (AvgIpc) is 2.43. The summed E-state index contributed by atoms with van der Waals surface area (Å²) in [6, 6.07) is 4.06. The number of carbonyl (C=O) groups excluding carboxylic acids is 1. The summed E-state index contributed by atoms with van der Waals surface area (Å²) in [4.78, 5) is 13.8. The minimum Gasteiger partial charge on any atom is -0.508 e. The van der Waals surface area contributed by atoms with Crippen molar-refractivity contribution in [2.45, 2.75) is 38.9 Å². The van der Waals surface area contributed by atoms with Crippen molar-refractivity contribution < 1.29 is 23.8 Å². The van der Waals surface area contributed by atoms with Gasteiger partial charge in [0.15, 0.2) is 0 Å². The van der Waals surface area contributed by atoms with Crippen LogP contribution in [0, 0.1) is 5.82 Å². The zero-order valence-electron chi connectivity index (χ0n) is 13.8. The van der Waals surface area contributed by atoms with Crippen molar-refractivity contribution in [3.05, 3.63) is 29.6 Å². The Bertz CT molecular complexity index is 556. The molecule has 0 amide bonds. The Labute approximate surface area is 136 Å². The van der Waals surface area contributed by atoms with E-state index in [1.54, 1.807) is 0 Å². The second-order valence-corrected chi connectivity index (χ2v) is 6.70. The first kappa shape index (κ1) is 17.7. The molecule has 1 unspecified atom stereocenters. The van der Waals surface area contributed by atoms with Gasteiger partial charge in [-0.2, -0.15) is 0 Å². The predicted molar refractivity (Wildman–Crippen MR) is 83.7 cm³/mol. The topological polar surface area (TPSA) is 59.0 Å². The van der Waals surface area contributed by atoms with Gasteiger partial charge in [-0.3, -0.25) is 9.69 Å². The lowest BCUT2D eigenvalue weighted by Crippen LogP contribution is -2.40. The van der Waals surface area contributed by atoms with Crippen LogP contribution in [0.4, 0.5) is 4.39 Å². The number of benzene rings is 1. The molecule has 128 valence electrons.